The van der Waals surface area contributed by atoms with E-state index in [9.17, 15) is 4.79 Å². The van der Waals surface area contributed by atoms with E-state index in [1.54, 1.807) is 12.4 Å². The summed E-state index contributed by atoms with van der Waals surface area (Å²) in [6.45, 7) is 9.79. The zero-order chi connectivity index (χ0) is 19.7. The smallest absolute Gasteiger partial charge is 0.225 e. The standard InChI is InChI=1S/C20H24N6O2/c1-14-11-17(16(3)26(14)19-12-15(2)28-23-19)18(27)13-24-7-9-25(10-8-24)20-21-5-4-6-22-20/h4-6,11-12H,7-10,13H2,1-3H3/p+1. The molecule has 1 saturated heterocycles. The van der Waals surface area contributed by atoms with Crippen LogP contribution in [0.3, 0.4) is 0 Å². The first-order valence-corrected chi connectivity index (χ1v) is 9.54. The molecular formula is C20H25N6O2+. The number of aryl methyl sites for hydroxylation is 2. The van der Waals surface area contributed by atoms with Gasteiger partial charge in [0.15, 0.2) is 5.82 Å². The summed E-state index contributed by atoms with van der Waals surface area (Å²) in [5.41, 5.74) is 2.65. The van der Waals surface area contributed by atoms with Crippen molar-refractivity contribution >= 4 is 11.7 Å². The molecule has 0 atom stereocenters. The minimum atomic E-state index is 0.166. The third kappa shape index (κ3) is 3.55. The fourth-order valence-electron chi connectivity index (χ4n) is 3.83. The van der Waals surface area contributed by atoms with Crippen molar-refractivity contribution < 1.29 is 14.2 Å². The number of carbonyl (C=O) groups excluding carboxylic acids is 1. The largest absolute Gasteiger partial charge is 0.360 e. The van der Waals surface area contributed by atoms with E-state index in [4.69, 9.17) is 4.52 Å². The second-order valence-electron chi connectivity index (χ2n) is 7.30. The Bertz CT molecular complexity index is 970. The van der Waals surface area contributed by atoms with Gasteiger partial charge in [-0.15, -0.1) is 0 Å². The van der Waals surface area contributed by atoms with Crippen molar-refractivity contribution in [3.8, 4) is 5.82 Å². The monoisotopic (exact) mass is 381 g/mol. The maximum absolute atomic E-state index is 13.0. The molecule has 0 bridgehead atoms. The number of aromatic nitrogens is 4. The van der Waals surface area contributed by atoms with Gasteiger partial charge < -0.3 is 14.3 Å². The Morgan fingerprint density at radius 3 is 2.50 bits per heavy atom. The Balaban J connectivity index is 1.42. The van der Waals surface area contributed by atoms with Gasteiger partial charge in [0.1, 0.15) is 12.3 Å². The third-order valence-electron chi connectivity index (χ3n) is 5.29. The van der Waals surface area contributed by atoms with E-state index < -0.39 is 0 Å². The number of Topliss-reactive ketones (excluding diaryl/α,β-unsaturated/α-hetero) is 1. The van der Waals surface area contributed by atoms with E-state index in [0.29, 0.717) is 6.54 Å². The lowest BCUT2D eigenvalue weighted by atomic mass is 10.1. The fourth-order valence-corrected chi connectivity index (χ4v) is 3.83. The number of hydrogen-bond acceptors (Lipinski definition) is 6. The van der Waals surface area contributed by atoms with Crippen LogP contribution in [0.15, 0.2) is 35.1 Å². The number of nitrogens with zero attached hydrogens (tertiary/aromatic N) is 5. The highest BCUT2D eigenvalue weighted by Crippen LogP contribution is 2.20. The molecule has 0 aromatic carbocycles. The molecule has 3 aromatic rings. The molecule has 0 saturated carbocycles. The lowest BCUT2D eigenvalue weighted by molar-refractivity contribution is -0.892. The van der Waals surface area contributed by atoms with Gasteiger partial charge in [0.2, 0.25) is 11.7 Å². The van der Waals surface area contributed by atoms with E-state index in [-0.39, 0.29) is 5.78 Å². The predicted octanol–water partition coefficient (Wildman–Crippen LogP) is 0.768. The van der Waals surface area contributed by atoms with Crippen molar-refractivity contribution in [1.29, 1.82) is 0 Å². The summed E-state index contributed by atoms with van der Waals surface area (Å²) in [7, 11) is 0. The van der Waals surface area contributed by atoms with Gasteiger partial charge in [0.05, 0.1) is 26.2 Å². The first-order valence-electron chi connectivity index (χ1n) is 9.54. The molecule has 8 nitrogen and oxygen atoms in total. The highest BCUT2D eigenvalue weighted by atomic mass is 16.5. The van der Waals surface area contributed by atoms with Crippen LogP contribution in [0.25, 0.3) is 5.82 Å². The molecule has 8 heteroatoms. The van der Waals surface area contributed by atoms with Gasteiger partial charge in [0, 0.05) is 35.4 Å². The normalized spacial score (nSPS) is 15.2. The van der Waals surface area contributed by atoms with Crippen molar-refractivity contribution in [2.45, 2.75) is 20.8 Å². The molecule has 4 rings (SSSR count). The molecule has 28 heavy (non-hydrogen) atoms. The second kappa shape index (κ2) is 7.55. The lowest BCUT2D eigenvalue weighted by Gasteiger charge is -2.31. The number of piperazine rings is 1. The molecule has 1 aliphatic rings. The van der Waals surface area contributed by atoms with Crippen LogP contribution in [0, 0.1) is 20.8 Å². The summed E-state index contributed by atoms with van der Waals surface area (Å²) in [5.74, 6) is 2.40. The first kappa shape index (κ1) is 18.4. The first-order chi connectivity index (χ1) is 13.5. The van der Waals surface area contributed by atoms with Gasteiger partial charge in [-0.1, -0.05) is 5.16 Å². The Hall–Kier alpha value is -3.00. The molecule has 3 aromatic heterocycles. The van der Waals surface area contributed by atoms with Crippen LogP contribution in [-0.2, 0) is 0 Å². The minimum absolute atomic E-state index is 0.166. The second-order valence-corrected chi connectivity index (χ2v) is 7.30. The molecule has 0 radical (unpaired) electrons. The zero-order valence-corrected chi connectivity index (χ0v) is 16.5. The fraction of sp³-hybridized carbons (Fsp3) is 0.400. The van der Waals surface area contributed by atoms with Crippen LogP contribution >= 0.6 is 0 Å². The van der Waals surface area contributed by atoms with Crippen molar-refractivity contribution in [2.75, 3.05) is 37.6 Å². The predicted molar refractivity (Wildman–Crippen MR) is 104 cm³/mol. The van der Waals surface area contributed by atoms with Crippen LogP contribution in [0.1, 0.15) is 27.5 Å². The van der Waals surface area contributed by atoms with E-state index in [0.717, 1.165) is 60.7 Å². The van der Waals surface area contributed by atoms with E-state index in [1.807, 2.05) is 43.5 Å². The minimum Gasteiger partial charge on any atom is -0.360 e. The molecule has 1 N–H and O–H groups in total. The number of quaternary nitrogens is 1. The van der Waals surface area contributed by atoms with Crippen LogP contribution in [0.5, 0.6) is 0 Å². The number of ketones is 1. The Kier molecular flexibility index (Phi) is 4.95. The molecular weight excluding hydrogens is 356 g/mol. The highest BCUT2D eigenvalue weighted by Gasteiger charge is 2.26. The van der Waals surface area contributed by atoms with Crippen molar-refractivity contribution in [2.24, 2.45) is 0 Å². The Morgan fingerprint density at radius 1 is 1.14 bits per heavy atom. The summed E-state index contributed by atoms with van der Waals surface area (Å²) in [6.07, 6.45) is 3.52. The average Bonchev–Trinajstić information content (AvgIpc) is 3.25. The number of rotatable bonds is 5. The maximum atomic E-state index is 13.0. The SMILES string of the molecule is Cc1cc(-n2c(C)cc(C(=O)C[NH+]3CCN(c4ncccn4)CC3)c2C)no1. The zero-order valence-electron chi connectivity index (χ0n) is 16.5. The number of carbonyl (C=O) groups is 1. The molecule has 1 aliphatic heterocycles. The molecule has 1 fully saturated rings. The Morgan fingerprint density at radius 2 is 1.86 bits per heavy atom. The average molecular weight is 381 g/mol. The topological polar surface area (TPSA) is 81.5 Å². The molecule has 0 amide bonds. The lowest BCUT2D eigenvalue weighted by Crippen LogP contribution is -3.15. The van der Waals surface area contributed by atoms with Gasteiger partial charge in [-0.3, -0.25) is 9.36 Å². The summed E-state index contributed by atoms with van der Waals surface area (Å²) in [4.78, 5) is 25.1. The highest BCUT2D eigenvalue weighted by molar-refractivity contribution is 5.98. The van der Waals surface area contributed by atoms with Crippen molar-refractivity contribution in [3.63, 3.8) is 0 Å². The van der Waals surface area contributed by atoms with Gasteiger partial charge in [-0.2, -0.15) is 0 Å². The van der Waals surface area contributed by atoms with Crippen LogP contribution in [0.2, 0.25) is 0 Å². The van der Waals surface area contributed by atoms with Crippen molar-refractivity contribution in [3.05, 3.63) is 53.3 Å². The molecule has 0 aliphatic carbocycles. The summed E-state index contributed by atoms with van der Waals surface area (Å²) in [6, 6.07) is 5.65. The summed E-state index contributed by atoms with van der Waals surface area (Å²) in [5, 5.41) is 4.09. The summed E-state index contributed by atoms with van der Waals surface area (Å²) < 4.78 is 7.17. The molecule has 0 spiro atoms. The molecule has 0 unspecified atom stereocenters. The van der Waals surface area contributed by atoms with E-state index in [2.05, 4.69) is 20.0 Å². The van der Waals surface area contributed by atoms with Crippen LogP contribution in [0.4, 0.5) is 5.95 Å². The van der Waals surface area contributed by atoms with Gasteiger partial charge >= 0.3 is 0 Å². The summed E-state index contributed by atoms with van der Waals surface area (Å²) >= 11 is 0. The van der Waals surface area contributed by atoms with E-state index in [1.165, 1.54) is 4.90 Å². The molecule has 146 valence electrons. The number of hydrogen-bond donors (Lipinski definition) is 1. The van der Waals surface area contributed by atoms with Gasteiger partial charge in [-0.25, -0.2) is 9.97 Å². The van der Waals surface area contributed by atoms with Crippen LogP contribution in [-0.4, -0.2) is 58.2 Å². The van der Waals surface area contributed by atoms with Gasteiger partial charge in [-0.05, 0) is 32.9 Å². The van der Waals surface area contributed by atoms with Crippen molar-refractivity contribution in [1.82, 2.24) is 19.7 Å². The molecule has 4 heterocycles. The number of nitrogens with one attached hydrogen (secondary N) is 1. The third-order valence-corrected chi connectivity index (χ3v) is 5.29. The van der Waals surface area contributed by atoms with Crippen LogP contribution < -0.4 is 9.80 Å². The maximum Gasteiger partial charge on any atom is 0.225 e. The van der Waals surface area contributed by atoms with E-state index >= 15 is 0 Å². The quantitative estimate of drug-likeness (QED) is 0.658. The van der Waals surface area contributed by atoms with Gasteiger partial charge in [0.25, 0.3) is 0 Å². The number of anilines is 1. The Labute approximate surface area is 163 Å².